The van der Waals surface area contributed by atoms with Gasteiger partial charge >= 0.3 is 6.03 Å². The Bertz CT molecular complexity index is 434. The van der Waals surface area contributed by atoms with Gasteiger partial charge in [-0.25, -0.2) is 4.79 Å². The van der Waals surface area contributed by atoms with E-state index in [1.165, 1.54) is 0 Å². The Labute approximate surface area is 112 Å². The maximum absolute atomic E-state index is 12.0. The van der Waals surface area contributed by atoms with Crippen molar-refractivity contribution in [1.82, 2.24) is 4.90 Å². The smallest absolute Gasteiger partial charge is 0.321 e. The zero-order chi connectivity index (χ0) is 13.2. The number of amides is 2. The standard InChI is InChI=1S/C13H18ClN3O/c1-13(8-15)6-7-17(9-13)12(18)16-11-4-2-10(14)3-5-11/h2-5H,6-9,15H2,1H3,(H,16,18). The number of urea groups is 1. The van der Waals surface area contributed by atoms with Crippen molar-refractivity contribution in [2.24, 2.45) is 11.1 Å². The van der Waals surface area contributed by atoms with Gasteiger partial charge in [-0.3, -0.25) is 0 Å². The SMILES string of the molecule is CC1(CN)CCN(C(=O)Nc2ccc(Cl)cc2)C1. The van der Waals surface area contributed by atoms with Crippen molar-refractivity contribution in [2.75, 3.05) is 25.0 Å². The highest BCUT2D eigenvalue weighted by Crippen LogP contribution is 2.28. The molecule has 1 saturated heterocycles. The monoisotopic (exact) mass is 267 g/mol. The van der Waals surface area contributed by atoms with Gasteiger partial charge in [0.05, 0.1) is 0 Å². The number of nitrogens with two attached hydrogens (primary N) is 1. The lowest BCUT2D eigenvalue weighted by Gasteiger charge is -2.22. The molecule has 3 N–H and O–H groups in total. The molecule has 1 heterocycles. The Morgan fingerprint density at radius 2 is 2.17 bits per heavy atom. The number of carbonyl (C=O) groups is 1. The molecule has 0 saturated carbocycles. The van der Waals surface area contributed by atoms with Gasteiger partial charge in [-0.05, 0) is 42.6 Å². The lowest BCUT2D eigenvalue weighted by Crippen LogP contribution is -2.36. The number of rotatable bonds is 2. The summed E-state index contributed by atoms with van der Waals surface area (Å²) in [6.07, 6.45) is 0.956. The van der Waals surface area contributed by atoms with Gasteiger partial charge in [0.2, 0.25) is 0 Å². The molecule has 1 aromatic rings. The molecule has 4 nitrogen and oxygen atoms in total. The van der Waals surface area contributed by atoms with E-state index in [1.807, 2.05) is 4.90 Å². The van der Waals surface area contributed by atoms with Crippen molar-refractivity contribution >= 4 is 23.3 Å². The second-order valence-electron chi connectivity index (χ2n) is 5.12. The van der Waals surface area contributed by atoms with Crippen LogP contribution in [-0.2, 0) is 0 Å². The van der Waals surface area contributed by atoms with E-state index in [9.17, 15) is 4.79 Å². The molecule has 18 heavy (non-hydrogen) atoms. The van der Waals surface area contributed by atoms with Gasteiger partial charge in [-0.2, -0.15) is 0 Å². The number of carbonyl (C=O) groups excluding carboxylic acids is 1. The minimum atomic E-state index is -0.0745. The average Bonchev–Trinajstić information content (AvgIpc) is 2.76. The van der Waals surface area contributed by atoms with E-state index in [0.29, 0.717) is 18.1 Å². The first-order valence-corrected chi connectivity index (χ1v) is 6.42. The van der Waals surface area contributed by atoms with Crippen LogP contribution in [-0.4, -0.2) is 30.6 Å². The molecule has 1 atom stereocenters. The van der Waals surface area contributed by atoms with Crippen LogP contribution in [0.1, 0.15) is 13.3 Å². The van der Waals surface area contributed by atoms with Gasteiger partial charge in [-0.1, -0.05) is 18.5 Å². The maximum atomic E-state index is 12.0. The van der Waals surface area contributed by atoms with E-state index in [2.05, 4.69) is 12.2 Å². The Morgan fingerprint density at radius 1 is 1.50 bits per heavy atom. The molecule has 1 aromatic carbocycles. The second kappa shape index (κ2) is 5.16. The average molecular weight is 268 g/mol. The van der Waals surface area contributed by atoms with E-state index in [0.717, 1.165) is 18.7 Å². The van der Waals surface area contributed by atoms with Gasteiger partial charge in [0.15, 0.2) is 0 Å². The largest absolute Gasteiger partial charge is 0.330 e. The zero-order valence-corrected chi connectivity index (χ0v) is 11.2. The molecule has 2 rings (SSSR count). The minimum Gasteiger partial charge on any atom is -0.330 e. The summed E-state index contributed by atoms with van der Waals surface area (Å²) >= 11 is 5.79. The molecule has 1 fully saturated rings. The molecular weight excluding hydrogens is 250 g/mol. The molecule has 0 radical (unpaired) electrons. The quantitative estimate of drug-likeness (QED) is 0.865. The Balaban J connectivity index is 1.95. The molecule has 2 amide bonds. The van der Waals surface area contributed by atoms with Crippen LogP contribution >= 0.6 is 11.6 Å². The lowest BCUT2D eigenvalue weighted by molar-refractivity contribution is 0.216. The van der Waals surface area contributed by atoms with Crippen molar-refractivity contribution in [3.8, 4) is 0 Å². The van der Waals surface area contributed by atoms with Gasteiger partial charge in [0.25, 0.3) is 0 Å². The molecule has 0 spiro atoms. The van der Waals surface area contributed by atoms with Crippen molar-refractivity contribution in [2.45, 2.75) is 13.3 Å². The normalized spacial score (nSPS) is 23.2. The summed E-state index contributed by atoms with van der Waals surface area (Å²) in [7, 11) is 0. The van der Waals surface area contributed by atoms with Gasteiger partial charge in [0, 0.05) is 23.8 Å². The molecule has 1 aliphatic heterocycles. The molecular formula is C13H18ClN3O. The summed E-state index contributed by atoms with van der Waals surface area (Å²) in [6, 6.07) is 7.02. The lowest BCUT2D eigenvalue weighted by atomic mass is 9.90. The highest BCUT2D eigenvalue weighted by molar-refractivity contribution is 6.30. The molecule has 0 bridgehead atoms. The van der Waals surface area contributed by atoms with Crippen LogP contribution in [0.3, 0.4) is 0 Å². The van der Waals surface area contributed by atoms with E-state index in [1.54, 1.807) is 24.3 Å². The predicted octanol–water partition coefficient (Wildman–Crippen LogP) is 2.54. The summed E-state index contributed by atoms with van der Waals surface area (Å²) in [4.78, 5) is 13.9. The first-order valence-electron chi connectivity index (χ1n) is 6.04. The third-order valence-electron chi connectivity index (χ3n) is 3.43. The van der Waals surface area contributed by atoms with E-state index < -0.39 is 0 Å². The van der Waals surface area contributed by atoms with Crippen LogP contribution in [0.5, 0.6) is 0 Å². The summed E-state index contributed by atoms with van der Waals surface area (Å²) in [6.45, 7) is 4.19. The highest BCUT2D eigenvalue weighted by Gasteiger charge is 2.34. The van der Waals surface area contributed by atoms with E-state index in [-0.39, 0.29) is 11.4 Å². The Morgan fingerprint density at radius 3 is 2.72 bits per heavy atom. The molecule has 0 aromatic heterocycles. The number of anilines is 1. The van der Waals surface area contributed by atoms with Crippen LogP contribution < -0.4 is 11.1 Å². The van der Waals surface area contributed by atoms with Crippen LogP contribution in [0.4, 0.5) is 10.5 Å². The van der Waals surface area contributed by atoms with Crippen molar-refractivity contribution < 1.29 is 4.79 Å². The first kappa shape index (κ1) is 13.2. The number of nitrogens with zero attached hydrogens (tertiary/aromatic N) is 1. The van der Waals surface area contributed by atoms with Crippen molar-refractivity contribution in [3.63, 3.8) is 0 Å². The summed E-state index contributed by atoms with van der Waals surface area (Å²) in [5.74, 6) is 0. The van der Waals surface area contributed by atoms with Crippen LogP contribution in [0.2, 0.25) is 5.02 Å². The summed E-state index contributed by atoms with van der Waals surface area (Å²) in [5, 5.41) is 3.52. The van der Waals surface area contributed by atoms with E-state index in [4.69, 9.17) is 17.3 Å². The van der Waals surface area contributed by atoms with E-state index >= 15 is 0 Å². The molecule has 98 valence electrons. The highest BCUT2D eigenvalue weighted by atomic mass is 35.5. The third-order valence-corrected chi connectivity index (χ3v) is 3.69. The first-order chi connectivity index (χ1) is 8.52. The number of nitrogens with one attached hydrogen (secondary N) is 1. The van der Waals surface area contributed by atoms with Crippen LogP contribution in [0.25, 0.3) is 0 Å². The molecule has 1 unspecified atom stereocenters. The topological polar surface area (TPSA) is 58.4 Å². The van der Waals surface area contributed by atoms with Crippen LogP contribution in [0, 0.1) is 5.41 Å². The number of halogens is 1. The Kier molecular flexibility index (Phi) is 3.78. The number of hydrogen-bond donors (Lipinski definition) is 2. The molecule has 0 aliphatic carbocycles. The van der Waals surface area contributed by atoms with Crippen LogP contribution in [0.15, 0.2) is 24.3 Å². The zero-order valence-electron chi connectivity index (χ0n) is 10.4. The number of likely N-dealkylation sites (tertiary alicyclic amines) is 1. The summed E-state index contributed by atoms with van der Waals surface area (Å²) < 4.78 is 0. The van der Waals surface area contributed by atoms with Crippen molar-refractivity contribution in [1.29, 1.82) is 0 Å². The minimum absolute atomic E-state index is 0.0529. The van der Waals surface area contributed by atoms with Gasteiger partial charge in [-0.15, -0.1) is 0 Å². The Hall–Kier alpha value is -1.26. The fourth-order valence-electron chi connectivity index (χ4n) is 2.10. The maximum Gasteiger partial charge on any atom is 0.321 e. The second-order valence-corrected chi connectivity index (χ2v) is 5.56. The van der Waals surface area contributed by atoms with Crippen molar-refractivity contribution in [3.05, 3.63) is 29.3 Å². The van der Waals surface area contributed by atoms with Gasteiger partial charge < -0.3 is 16.0 Å². The number of benzene rings is 1. The fraction of sp³-hybridized carbons (Fsp3) is 0.462. The summed E-state index contributed by atoms with van der Waals surface area (Å²) in [5.41, 5.74) is 6.53. The fourth-order valence-corrected chi connectivity index (χ4v) is 2.23. The third kappa shape index (κ3) is 2.94. The molecule has 5 heteroatoms. The number of hydrogen-bond acceptors (Lipinski definition) is 2. The predicted molar refractivity (Wildman–Crippen MR) is 73.8 cm³/mol. The molecule has 1 aliphatic rings. The van der Waals surface area contributed by atoms with Gasteiger partial charge in [0.1, 0.15) is 0 Å².